The molecule has 2 aromatic carbocycles. The van der Waals surface area contributed by atoms with E-state index in [0.29, 0.717) is 23.5 Å². The minimum Gasteiger partial charge on any atom is -0.496 e. The number of fused-ring (bicyclic) bond motifs is 1. The average Bonchev–Trinajstić information content (AvgIpc) is 2.79. The number of carbonyl (C=O) groups excluding carboxylic acids is 1. The summed E-state index contributed by atoms with van der Waals surface area (Å²) in [4.78, 5) is 14.5. The highest BCUT2D eigenvalue weighted by atomic mass is 19.1. The molecule has 2 N–H and O–H groups in total. The number of nitrogens with one attached hydrogen (secondary N) is 1. The molecule has 24 heavy (non-hydrogen) atoms. The zero-order valence-corrected chi connectivity index (χ0v) is 13.8. The quantitative estimate of drug-likeness (QED) is 0.901. The largest absolute Gasteiger partial charge is 0.496 e. The van der Waals surface area contributed by atoms with Crippen LogP contribution in [-0.4, -0.2) is 37.1 Å². The zero-order valence-electron chi connectivity index (χ0n) is 13.8. The summed E-state index contributed by atoms with van der Waals surface area (Å²) in [6, 6.07) is 9.15. The number of methoxy groups -OCH3 is 1. The van der Waals surface area contributed by atoms with Crippen LogP contribution >= 0.6 is 0 Å². The van der Waals surface area contributed by atoms with Crippen LogP contribution in [0, 0.1) is 5.82 Å². The predicted molar refractivity (Wildman–Crippen MR) is 88.4 cm³/mol. The summed E-state index contributed by atoms with van der Waals surface area (Å²) in [5.41, 5.74) is -0.213. The van der Waals surface area contributed by atoms with Gasteiger partial charge in [-0.05, 0) is 50.0 Å². The van der Waals surface area contributed by atoms with Gasteiger partial charge >= 0.3 is 0 Å². The summed E-state index contributed by atoms with van der Waals surface area (Å²) in [6.45, 7) is 0.630. The monoisotopic (exact) mass is 330 g/mol. The van der Waals surface area contributed by atoms with E-state index in [-0.39, 0.29) is 5.56 Å². The van der Waals surface area contributed by atoms with Crippen molar-refractivity contribution in [3.63, 3.8) is 0 Å². The predicted octanol–water partition coefficient (Wildman–Crippen LogP) is 2.08. The Kier molecular flexibility index (Phi) is 4.03. The first-order chi connectivity index (χ1) is 11.4. The van der Waals surface area contributed by atoms with Gasteiger partial charge in [0.2, 0.25) is 0 Å². The van der Waals surface area contributed by atoms with Crippen LogP contribution in [0.1, 0.15) is 16.7 Å². The molecule has 0 aliphatic carbocycles. The van der Waals surface area contributed by atoms with Gasteiger partial charge in [0.25, 0.3) is 5.91 Å². The van der Waals surface area contributed by atoms with Gasteiger partial charge in [0, 0.05) is 23.4 Å². The molecule has 1 amide bonds. The SMILES string of the molecule is COc1ccc(CN(C)C)cc1C1(O)C(=O)Nc2ccc(F)cc21. The second kappa shape index (κ2) is 5.89. The second-order valence-corrected chi connectivity index (χ2v) is 6.13. The minimum absolute atomic E-state index is 0.188. The molecule has 6 heteroatoms. The second-order valence-electron chi connectivity index (χ2n) is 6.13. The molecule has 0 spiro atoms. The number of ether oxygens (including phenoxy) is 1. The van der Waals surface area contributed by atoms with Crippen molar-refractivity contribution >= 4 is 11.6 Å². The summed E-state index contributed by atoms with van der Waals surface area (Å²) in [6.07, 6.45) is 0. The Morgan fingerprint density at radius 3 is 2.62 bits per heavy atom. The third-order valence-electron chi connectivity index (χ3n) is 4.10. The molecule has 1 heterocycles. The van der Waals surface area contributed by atoms with Crippen molar-refractivity contribution in [1.82, 2.24) is 4.90 Å². The Morgan fingerprint density at radius 1 is 1.21 bits per heavy atom. The van der Waals surface area contributed by atoms with Gasteiger partial charge in [-0.15, -0.1) is 0 Å². The van der Waals surface area contributed by atoms with E-state index < -0.39 is 17.3 Å². The zero-order chi connectivity index (χ0) is 17.5. The maximum atomic E-state index is 13.7. The number of hydrogen-bond acceptors (Lipinski definition) is 4. The number of halogens is 1. The van der Waals surface area contributed by atoms with E-state index in [1.165, 1.54) is 25.3 Å². The lowest BCUT2D eigenvalue weighted by Crippen LogP contribution is -2.36. The molecule has 0 fully saturated rings. The number of aliphatic hydroxyl groups is 1. The lowest BCUT2D eigenvalue weighted by Gasteiger charge is -2.25. The van der Waals surface area contributed by atoms with Gasteiger partial charge in [-0.1, -0.05) is 6.07 Å². The molecule has 5 nitrogen and oxygen atoms in total. The van der Waals surface area contributed by atoms with Crippen LogP contribution in [0.3, 0.4) is 0 Å². The first-order valence-electron chi connectivity index (χ1n) is 7.52. The molecule has 2 aromatic rings. The molecular weight excluding hydrogens is 311 g/mol. The van der Waals surface area contributed by atoms with Crippen LogP contribution in [0.25, 0.3) is 0 Å². The van der Waals surface area contributed by atoms with E-state index in [4.69, 9.17) is 4.74 Å². The molecule has 0 radical (unpaired) electrons. The van der Waals surface area contributed by atoms with Gasteiger partial charge < -0.3 is 20.1 Å². The van der Waals surface area contributed by atoms with Gasteiger partial charge in [0.15, 0.2) is 5.60 Å². The molecule has 0 saturated heterocycles. The van der Waals surface area contributed by atoms with Crippen molar-refractivity contribution in [2.75, 3.05) is 26.5 Å². The van der Waals surface area contributed by atoms with E-state index >= 15 is 0 Å². The van der Waals surface area contributed by atoms with Crippen LogP contribution in [0.15, 0.2) is 36.4 Å². The van der Waals surface area contributed by atoms with Gasteiger partial charge in [-0.3, -0.25) is 4.79 Å². The van der Waals surface area contributed by atoms with Crippen molar-refractivity contribution in [2.24, 2.45) is 0 Å². The summed E-state index contributed by atoms with van der Waals surface area (Å²) in [5.74, 6) is -0.775. The first kappa shape index (κ1) is 16.4. The van der Waals surface area contributed by atoms with Crippen LogP contribution in [0.4, 0.5) is 10.1 Å². The van der Waals surface area contributed by atoms with E-state index in [1.807, 2.05) is 25.1 Å². The van der Waals surface area contributed by atoms with Gasteiger partial charge in [-0.25, -0.2) is 4.39 Å². The summed E-state index contributed by atoms with van der Waals surface area (Å²) in [7, 11) is 5.31. The fourth-order valence-electron chi connectivity index (χ4n) is 3.03. The molecule has 126 valence electrons. The Hall–Kier alpha value is -2.44. The third kappa shape index (κ3) is 2.53. The van der Waals surface area contributed by atoms with Crippen LogP contribution < -0.4 is 10.1 Å². The molecule has 3 rings (SSSR count). The normalized spacial score (nSPS) is 19.3. The molecule has 1 unspecified atom stereocenters. The van der Waals surface area contributed by atoms with Crippen molar-refractivity contribution < 1.29 is 19.0 Å². The number of nitrogens with zero attached hydrogens (tertiary/aromatic N) is 1. The Balaban J connectivity index is 2.20. The lowest BCUT2D eigenvalue weighted by atomic mass is 9.86. The highest BCUT2D eigenvalue weighted by Gasteiger charge is 2.48. The Morgan fingerprint density at radius 2 is 1.96 bits per heavy atom. The molecule has 1 aliphatic heterocycles. The van der Waals surface area contributed by atoms with Gasteiger partial charge in [0.1, 0.15) is 11.6 Å². The molecule has 1 atom stereocenters. The van der Waals surface area contributed by atoms with E-state index in [1.54, 1.807) is 12.1 Å². The van der Waals surface area contributed by atoms with Crippen LogP contribution in [0.2, 0.25) is 0 Å². The van der Waals surface area contributed by atoms with Crippen LogP contribution in [-0.2, 0) is 16.9 Å². The number of carbonyl (C=O) groups is 1. The van der Waals surface area contributed by atoms with E-state index in [2.05, 4.69) is 5.32 Å². The minimum atomic E-state index is -1.99. The maximum Gasteiger partial charge on any atom is 0.266 e. The fraction of sp³-hybridized carbons (Fsp3) is 0.278. The molecular formula is C18H19FN2O3. The number of hydrogen-bond donors (Lipinski definition) is 2. The van der Waals surface area contributed by atoms with Gasteiger partial charge in [-0.2, -0.15) is 0 Å². The summed E-state index contributed by atoms with van der Waals surface area (Å²) >= 11 is 0. The summed E-state index contributed by atoms with van der Waals surface area (Å²) < 4.78 is 19.0. The molecule has 0 bridgehead atoms. The number of benzene rings is 2. The average molecular weight is 330 g/mol. The highest BCUT2D eigenvalue weighted by molar-refractivity contribution is 6.07. The van der Waals surface area contributed by atoms with E-state index in [0.717, 1.165) is 5.56 Å². The van der Waals surface area contributed by atoms with E-state index in [9.17, 15) is 14.3 Å². The standard InChI is InChI=1S/C18H19FN2O3/c1-21(2)10-11-4-7-16(24-3)14(8-11)18(23)13-9-12(19)5-6-15(13)20-17(18)22/h4-9,23H,10H2,1-3H3,(H,20,22). The molecule has 0 saturated carbocycles. The number of rotatable bonds is 4. The lowest BCUT2D eigenvalue weighted by molar-refractivity contribution is -0.129. The Labute approximate surface area is 139 Å². The summed E-state index contributed by atoms with van der Waals surface area (Å²) in [5, 5.41) is 13.8. The first-order valence-corrected chi connectivity index (χ1v) is 7.52. The molecule has 0 aromatic heterocycles. The number of anilines is 1. The maximum absolute atomic E-state index is 13.7. The van der Waals surface area contributed by atoms with Crippen molar-refractivity contribution in [1.29, 1.82) is 0 Å². The van der Waals surface area contributed by atoms with Crippen molar-refractivity contribution in [2.45, 2.75) is 12.1 Å². The topological polar surface area (TPSA) is 61.8 Å². The number of amides is 1. The highest BCUT2D eigenvalue weighted by Crippen LogP contribution is 2.44. The Bertz CT molecular complexity index is 807. The molecule has 1 aliphatic rings. The van der Waals surface area contributed by atoms with Crippen LogP contribution in [0.5, 0.6) is 5.75 Å². The van der Waals surface area contributed by atoms with Crippen molar-refractivity contribution in [3.8, 4) is 5.75 Å². The van der Waals surface area contributed by atoms with Crippen molar-refractivity contribution in [3.05, 3.63) is 58.9 Å². The van der Waals surface area contributed by atoms with Gasteiger partial charge in [0.05, 0.1) is 7.11 Å². The fourth-order valence-corrected chi connectivity index (χ4v) is 3.03. The third-order valence-corrected chi connectivity index (χ3v) is 4.10. The smallest absolute Gasteiger partial charge is 0.266 e.